The average Bonchev–Trinajstić information content (AvgIpc) is 3.21. The van der Waals surface area contributed by atoms with Gasteiger partial charge in [0.15, 0.2) is 0 Å². The normalized spacial score (nSPS) is 20.0. The lowest BCUT2D eigenvalue weighted by Gasteiger charge is -2.33. The zero-order valence-corrected chi connectivity index (χ0v) is 18.8. The quantitative estimate of drug-likeness (QED) is 0.664. The molecule has 32 heavy (non-hydrogen) atoms. The molecule has 0 saturated carbocycles. The molecule has 0 radical (unpaired) electrons. The molecule has 2 saturated heterocycles. The van der Waals surface area contributed by atoms with E-state index < -0.39 is 0 Å². The highest BCUT2D eigenvalue weighted by Gasteiger charge is 2.28. The molecule has 2 aromatic heterocycles. The Balaban J connectivity index is 1.24. The van der Waals surface area contributed by atoms with Gasteiger partial charge in [0.25, 0.3) is 5.71 Å². The maximum Gasteiger partial charge on any atom is 0.263 e. The van der Waals surface area contributed by atoms with Crippen LogP contribution in [0.2, 0.25) is 0 Å². The largest absolute Gasteiger partial charge is 0.372 e. The molecule has 3 aromatic rings. The fourth-order valence-corrected chi connectivity index (χ4v) is 4.79. The van der Waals surface area contributed by atoms with E-state index in [1.165, 1.54) is 24.9 Å². The van der Waals surface area contributed by atoms with Crippen LogP contribution in [0, 0.1) is 18.8 Å². The van der Waals surface area contributed by atoms with Gasteiger partial charge in [-0.05, 0) is 62.8 Å². The van der Waals surface area contributed by atoms with Crippen LogP contribution in [0.15, 0.2) is 35.1 Å². The topological polar surface area (TPSA) is 87.4 Å². The number of piperidine rings is 2. The first kappa shape index (κ1) is 20.7. The molecule has 2 aliphatic rings. The molecule has 168 valence electrons. The Morgan fingerprint density at radius 1 is 1.06 bits per heavy atom. The average molecular weight is 435 g/mol. The maximum absolute atomic E-state index is 13.0. The van der Waals surface area contributed by atoms with Gasteiger partial charge >= 0.3 is 0 Å². The molecule has 1 aromatic carbocycles. The lowest BCUT2D eigenvalue weighted by Crippen LogP contribution is -2.41. The summed E-state index contributed by atoms with van der Waals surface area (Å²) < 4.78 is 5.28. The second-order valence-corrected chi connectivity index (χ2v) is 9.14. The van der Waals surface area contributed by atoms with E-state index in [1.807, 2.05) is 19.1 Å². The summed E-state index contributed by atoms with van der Waals surface area (Å²) in [5.41, 5.74) is 3.34. The maximum atomic E-state index is 13.0. The van der Waals surface area contributed by atoms with E-state index in [2.05, 4.69) is 49.3 Å². The fourth-order valence-electron chi connectivity index (χ4n) is 4.79. The Morgan fingerprint density at radius 3 is 2.62 bits per heavy atom. The fraction of sp³-hybridized carbons (Fsp3) is 0.500. The van der Waals surface area contributed by atoms with E-state index in [-0.39, 0.29) is 11.8 Å². The molecule has 2 fully saturated rings. The van der Waals surface area contributed by atoms with Gasteiger partial charge in [-0.2, -0.15) is 4.98 Å². The van der Waals surface area contributed by atoms with E-state index >= 15 is 0 Å². The van der Waals surface area contributed by atoms with Crippen LogP contribution < -0.4 is 15.1 Å². The van der Waals surface area contributed by atoms with Gasteiger partial charge in [-0.15, -0.1) is 0 Å². The summed E-state index contributed by atoms with van der Waals surface area (Å²) in [6.45, 7) is 7.89. The summed E-state index contributed by atoms with van der Waals surface area (Å²) in [5, 5.41) is 7.97. The predicted octanol–water partition coefficient (Wildman–Crippen LogP) is 4.02. The Hall–Kier alpha value is -3.16. The van der Waals surface area contributed by atoms with Gasteiger partial charge in [-0.25, -0.2) is 4.98 Å². The van der Waals surface area contributed by atoms with Crippen LogP contribution in [-0.4, -0.2) is 47.2 Å². The lowest BCUT2D eigenvalue weighted by atomic mass is 9.96. The third kappa shape index (κ3) is 4.13. The molecule has 0 aliphatic carbocycles. The van der Waals surface area contributed by atoms with Crippen molar-refractivity contribution < 1.29 is 9.32 Å². The third-order valence-electron chi connectivity index (χ3n) is 6.80. The van der Waals surface area contributed by atoms with E-state index in [4.69, 9.17) is 4.52 Å². The Kier molecular flexibility index (Phi) is 5.68. The van der Waals surface area contributed by atoms with Crippen LogP contribution in [0.3, 0.4) is 0 Å². The first-order valence-corrected chi connectivity index (χ1v) is 11.6. The SMILES string of the molecule is Cc1noc2ncnc(N3CCC[C@@H](C(=O)Nc4ccc(N5CCC(C)CC5)cc4)C3)c12. The van der Waals surface area contributed by atoms with Crippen molar-refractivity contribution in [3.05, 3.63) is 36.3 Å². The predicted molar refractivity (Wildman–Crippen MR) is 125 cm³/mol. The van der Waals surface area contributed by atoms with E-state index in [0.29, 0.717) is 12.3 Å². The summed E-state index contributed by atoms with van der Waals surface area (Å²) >= 11 is 0. The number of rotatable bonds is 4. The highest BCUT2D eigenvalue weighted by Crippen LogP contribution is 2.30. The van der Waals surface area contributed by atoms with Crippen molar-refractivity contribution in [3.63, 3.8) is 0 Å². The molecular weight excluding hydrogens is 404 g/mol. The molecule has 0 spiro atoms. The summed E-state index contributed by atoms with van der Waals surface area (Å²) in [5.74, 6) is 1.57. The number of carbonyl (C=O) groups is 1. The summed E-state index contributed by atoms with van der Waals surface area (Å²) in [6.07, 6.45) is 5.77. The monoisotopic (exact) mass is 434 g/mol. The molecule has 8 heteroatoms. The number of nitrogens with zero attached hydrogens (tertiary/aromatic N) is 5. The Morgan fingerprint density at radius 2 is 1.84 bits per heavy atom. The standard InChI is InChI=1S/C24H30N6O2/c1-16-9-12-29(13-10-16)20-7-5-19(6-8-20)27-23(31)18-4-3-11-30(14-18)22-21-17(2)28-32-24(21)26-15-25-22/h5-8,15-16,18H,3-4,9-14H2,1-2H3,(H,27,31)/t18-/m1/s1. The number of carbonyl (C=O) groups excluding carboxylic acids is 1. The van der Waals surface area contributed by atoms with Crippen LogP contribution in [0.1, 0.15) is 38.3 Å². The molecule has 1 amide bonds. The minimum Gasteiger partial charge on any atom is -0.372 e. The number of hydrogen-bond donors (Lipinski definition) is 1. The summed E-state index contributed by atoms with van der Waals surface area (Å²) in [6, 6.07) is 8.26. The second-order valence-electron chi connectivity index (χ2n) is 9.14. The minimum absolute atomic E-state index is 0.0570. The van der Waals surface area contributed by atoms with Crippen molar-refractivity contribution in [1.29, 1.82) is 0 Å². The molecule has 0 bridgehead atoms. The molecule has 2 aliphatic heterocycles. The zero-order chi connectivity index (χ0) is 22.1. The number of benzene rings is 1. The van der Waals surface area contributed by atoms with Gasteiger partial charge in [0.05, 0.1) is 11.6 Å². The van der Waals surface area contributed by atoms with Gasteiger partial charge in [-0.3, -0.25) is 4.79 Å². The molecule has 5 rings (SSSR count). The number of aromatic nitrogens is 3. The molecular formula is C24H30N6O2. The number of fused-ring (bicyclic) bond motifs is 1. The van der Waals surface area contributed by atoms with Crippen molar-refractivity contribution in [1.82, 2.24) is 15.1 Å². The number of nitrogens with one attached hydrogen (secondary N) is 1. The number of aryl methyl sites for hydroxylation is 1. The van der Waals surface area contributed by atoms with Crippen LogP contribution in [0.25, 0.3) is 11.1 Å². The van der Waals surface area contributed by atoms with Gasteiger partial charge in [-0.1, -0.05) is 12.1 Å². The number of anilines is 3. The van der Waals surface area contributed by atoms with E-state index in [0.717, 1.165) is 61.0 Å². The highest BCUT2D eigenvalue weighted by atomic mass is 16.5. The molecule has 4 heterocycles. The Bertz CT molecular complexity index is 1090. The smallest absolute Gasteiger partial charge is 0.263 e. The van der Waals surface area contributed by atoms with E-state index in [1.54, 1.807) is 0 Å². The minimum atomic E-state index is -0.0998. The van der Waals surface area contributed by atoms with Crippen LogP contribution in [-0.2, 0) is 4.79 Å². The summed E-state index contributed by atoms with van der Waals surface area (Å²) in [4.78, 5) is 26.3. The summed E-state index contributed by atoms with van der Waals surface area (Å²) in [7, 11) is 0. The second kappa shape index (κ2) is 8.76. The van der Waals surface area contributed by atoms with Gasteiger partial charge in [0.2, 0.25) is 5.91 Å². The van der Waals surface area contributed by atoms with Crippen molar-refractivity contribution >= 4 is 34.2 Å². The van der Waals surface area contributed by atoms with Gasteiger partial charge in [0.1, 0.15) is 17.5 Å². The van der Waals surface area contributed by atoms with Crippen LogP contribution in [0.4, 0.5) is 17.2 Å². The van der Waals surface area contributed by atoms with E-state index in [9.17, 15) is 4.79 Å². The highest BCUT2D eigenvalue weighted by molar-refractivity contribution is 5.94. The van der Waals surface area contributed by atoms with Crippen molar-refractivity contribution in [2.45, 2.75) is 39.5 Å². The molecule has 1 N–H and O–H groups in total. The number of hydrogen-bond acceptors (Lipinski definition) is 7. The third-order valence-corrected chi connectivity index (χ3v) is 6.80. The molecule has 8 nitrogen and oxygen atoms in total. The van der Waals surface area contributed by atoms with Crippen molar-refractivity contribution in [2.24, 2.45) is 11.8 Å². The number of amides is 1. The lowest BCUT2D eigenvalue weighted by molar-refractivity contribution is -0.120. The first-order valence-electron chi connectivity index (χ1n) is 11.6. The first-order chi connectivity index (χ1) is 15.6. The van der Waals surface area contributed by atoms with Crippen LogP contribution >= 0.6 is 0 Å². The molecule has 0 unspecified atom stereocenters. The van der Waals surface area contributed by atoms with Gasteiger partial charge < -0.3 is 19.6 Å². The van der Waals surface area contributed by atoms with Crippen molar-refractivity contribution in [3.8, 4) is 0 Å². The van der Waals surface area contributed by atoms with Crippen molar-refractivity contribution in [2.75, 3.05) is 41.3 Å². The zero-order valence-electron chi connectivity index (χ0n) is 18.8. The van der Waals surface area contributed by atoms with Crippen LogP contribution in [0.5, 0.6) is 0 Å². The molecule has 1 atom stereocenters. The Labute approximate surface area is 188 Å². The van der Waals surface area contributed by atoms with Gasteiger partial charge in [0, 0.05) is 37.6 Å².